The second kappa shape index (κ2) is 7.94. The van der Waals surface area contributed by atoms with E-state index < -0.39 is 0 Å². The molecule has 0 radical (unpaired) electrons. The van der Waals surface area contributed by atoms with Gasteiger partial charge >= 0.3 is 10.8 Å². The van der Waals surface area contributed by atoms with E-state index in [1.165, 1.54) is 0 Å². The second-order valence-corrected chi connectivity index (χ2v) is 6.46. The minimum absolute atomic E-state index is 0.0260. The number of thiazole rings is 1. The highest BCUT2D eigenvalue weighted by atomic mass is 32.1. The van der Waals surface area contributed by atoms with Crippen molar-refractivity contribution in [1.29, 1.82) is 0 Å². The van der Waals surface area contributed by atoms with Gasteiger partial charge in [0.1, 0.15) is 6.61 Å². The lowest BCUT2D eigenvalue weighted by molar-refractivity contribution is -0.143. The number of hydrogen-bond acceptors (Lipinski definition) is 5. The maximum atomic E-state index is 11.9. The van der Waals surface area contributed by atoms with Crippen LogP contribution in [0.15, 0.2) is 52.9 Å². The van der Waals surface area contributed by atoms with Gasteiger partial charge in [0.05, 0.1) is 18.4 Å². The van der Waals surface area contributed by atoms with Gasteiger partial charge in [-0.05, 0) is 31.0 Å². The predicted octanol–water partition coefficient (Wildman–Crippen LogP) is 2.58. The van der Waals surface area contributed by atoms with E-state index in [1.807, 2.05) is 43.5 Å². The summed E-state index contributed by atoms with van der Waals surface area (Å²) in [5.74, 6) is -0.270. The molecule has 7 heteroatoms. The molecule has 0 N–H and O–H groups in total. The van der Waals surface area contributed by atoms with Crippen molar-refractivity contribution in [2.45, 2.75) is 26.3 Å². The minimum atomic E-state index is -0.270. The van der Waals surface area contributed by atoms with Crippen LogP contribution in [0.5, 0.6) is 0 Å². The number of rotatable bonds is 7. The Morgan fingerprint density at radius 1 is 1.28 bits per heavy atom. The molecule has 2 aromatic heterocycles. The first-order valence-electron chi connectivity index (χ1n) is 8.03. The molecule has 0 unspecified atom stereocenters. The van der Waals surface area contributed by atoms with Crippen LogP contribution in [0.1, 0.15) is 17.7 Å². The summed E-state index contributed by atoms with van der Waals surface area (Å²) in [6.07, 6.45) is 4.53. The summed E-state index contributed by atoms with van der Waals surface area (Å²) in [7, 11) is 0. The first kappa shape index (κ1) is 17.2. The average Bonchev–Trinajstić information content (AvgIpc) is 3.22. The number of aryl methyl sites for hydroxylation is 2. The van der Waals surface area contributed by atoms with E-state index >= 15 is 0 Å². The quantitative estimate of drug-likeness (QED) is 0.610. The van der Waals surface area contributed by atoms with Gasteiger partial charge in [-0.3, -0.25) is 14.2 Å². The molecule has 0 aliphatic carbocycles. The second-order valence-electron chi connectivity index (χ2n) is 5.64. The van der Waals surface area contributed by atoms with Gasteiger partial charge < -0.3 is 4.74 Å². The van der Waals surface area contributed by atoms with Crippen molar-refractivity contribution >= 4 is 17.3 Å². The molecule has 0 aliphatic heterocycles. The van der Waals surface area contributed by atoms with E-state index in [4.69, 9.17) is 4.74 Å². The van der Waals surface area contributed by atoms with Gasteiger partial charge in [-0.15, -0.1) is 0 Å². The maximum absolute atomic E-state index is 11.9. The van der Waals surface area contributed by atoms with Crippen molar-refractivity contribution in [3.63, 3.8) is 0 Å². The van der Waals surface area contributed by atoms with Gasteiger partial charge in [-0.1, -0.05) is 29.5 Å². The lowest BCUT2D eigenvalue weighted by Crippen LogP contribution is -2.19. The minimum Gasteiger partial charge on any atom is -0.464 e. The summed E-state index contributed by atoms with van der Waals surface area (Å²) in [6.45, 7) is 2.47. The van der Waals surface area contributed by atoms with Crippen molar-refractivity contribution < 1.29 is 9.53 Å². The summed E-state index contributed by atoms with van der Waals surface area (Å²) < 4.78 is 8.61. The fraction of sp³-hybridized carbons (Fsp3) is 0.278. The lowest BCUT2D eigenvalue weighted by atomic mass is 10.2. The molecule has 130 valence electrons. The number of ether oxygens (including phenoxy) is 1. The third-order valence-corrected chi connectivity index (χ3v) is 4.71. The number of nitrogens with zero attached hydrogens (tertiary/aromatic N) is 3. The van der Waals surface area contributed by atoms with Crippen LogP contribution < -0.4 is 4.87 Å². The Labute approximate surface area is 149 Å². The molecular weight excluding hydrogens is 338 g/mol. The van der Waals surface area contributed by atoms with E-state index in [2.05, 4.69) is 5.10 Å². The average molecular weight is 357 g/mol. The molecule has 25 heavy (non-hydrogen) atoms. The molecule has 0 bridgehead atoms. The van der Waals surface area contributed by atoms with Crippen LogP contribution in [-0.4, -0.2) is 26.9 Å². The zero-order chi connectivity index (χ0) is 17.6. The Morgan fingerprint density at radius 2 is 2.08 bits per heavy atom. The molecule has 0 amide bonds. The van der Waals surface area contributed by atoms with Gasteiger partial charge in [0.25, 0.3) is 0 Å². The summed E-state index contributed by atoms with van der Waals surface area (Å²) >= 11 is 1.16. The summed E-state index contributed by atoms with van der Waals surface area (Å²) in [6, 6.07) is 9.80. The number of aromatic nitrogens is 3. The number of para-hydroxylation sites is 1. The third-order valence-electron chi connectivity index (χ3n) is 3.83. The molecule has 0 saturated heterocycles. The van der Waals surface area contributed by atoms with Crippen molar-refractivity contribution in [1.82, 2.24) is 14.3 Å². The Morgan fingerprint density at radius 3 is 2.80 bits per heavy atom. The van der Waals surface area contributed by atoms with Crippen LogP contribution in [0.2, 0.25) is 0 Å². The smallest absolute Gasteiger partial charge is 0.307 e. The largest absolute Gasteiger partial charge is 0.464 e. The summed E-state index contributed by atoms with van der Waals surface area (Å²) in [5, 5.41) is 6.11. The highest BCUT2D eigenvalue weighted by Crippen LogP contribution is 2.09. The molecule has 1 aromatic carbocycles. The van der Waals surface area contributed by atoms with Crippen LogP contribution in [0.4, 0.5) is 0 Å². The number of benzene rings is 1. The van der Waals surface area contributed by atoms with Gasteiger partial charge in [0.2, 0.25) is 0 Å². The van der Waals surface area contributed by atoms with Gasteiger partial charge in [0, 0.05) is 23.7 Å². The monoisotopic (exact) mass is 357 g/mol. The number of carbonyl (C=O) groups is 1. The van der Waals surface area contributed by atoms with Crippen molar-refractivity contribution in [2.24, 2.45) is 0 Å². The zero-order valence-corrected chi connectivity index (χ0v) is 14.7. The van der Waals surface area contributed by atoms with Crippen LogP contribution >= 0.6 is 11.3 Å². The molecule has 0 fully saturated rings. The normalized spacial score (nSPS) is 10.8. The Balaban J connectivity index is 1.45. The van der Waals surface area contributed by atoms with E-state index in [0.29, 0.717) is 13.0 Å². The molecular formula is C18H19N3O3S. The van der Waals surface area contributed by atoms with Crippen molar-refractivity contribution in [3.8, 4) is 5.69 Å². The molecule has 2 heterocycles. The fourth-order valence-electron chi connectivity index (χ4n) is 2.46. The van der Waals surface area contributed by atoms with E-state index in [1.54, 1.807) is 20.8 Å². The Hall–Kier alpha value is -2.67. The molecule has 0 aliphatic rings. The lowest BCUT2D eigenvalue weighted by Gasteiger charge is -2.06. The number of hydrogen-bond donors (Lipinski definition) is 0. The zero-order valence-electron chi connectivity index (χ0n) is 13.9. The Kier molecular flexibility index (Phi) is 5.45. The topological polar surface area (TPSA) is 66.1 Å². The predicted molar refractivity (Wildman–Crippen MR) is 96.2 cm³/mol. The van der Waals surface area contributed by atoms with Gasteiger partial charge in [-0.25, -0.2) is 4.68 Å². The number of esters is 1. The standard InChI is InChI=1S/C18H19N3O3S/c1-14-13-25-18(23)20(14)9-10-24-17(22)8-7-15-11-19-21(12-15)16-5-3-2-4-6-16/h2-6,11-13H,7-10H2,1H3. The highest BCUT2D eigenvalue weighted by molar-refractivity contribution is 7.07. The summed E-state index contributed by atoms with van der Waals surface area (Å²) in [5.41, 5.74) is 2.85. The molecule has 0 saturated carbocycles. The fourth-order valence-corrected chi connectivity index (χ4v) is 3.22. The molecule has 0 spiro atoms. The first-order chi connectivity index (χ1) is 12.1. The van der Waals surface area contributed by atoms with E-state index in [-0.39, 0.29) is 23.9 Å². The first-order valence-corrected chi connectivity index (χ1v) is 8.91. The molecule has 6 nitrogen and oxygen atoms in total. The highest BCUT2D eigenvalue weighted by Gasteiger charge is 2.08. The molecule has 3 aromatic rings. The van der Waals surface area contributed by atoms with Crippen molar-refractivity contribution in [2.75, 3.05) is 6.61 Å². The SMILES string of the molecule is Cc1csc(=O)n1CCOC(=O)CCc1cnn(-c2ccccc2)c1. The maximum Gasteiger partial charge on any atom is 0.307 e. The Bertz CT molecular complexity index is 896. The van der Waals surface area contributed by atoms with E-state index in [9.17, 15) is 9.59 Å². The van der Waals surface area contributed by atoms with Crippen LogP contribution in [0, 0.1) is 6.92 Å². The van der Waals surface area contributed by atoms with Gasteiger partial charge in [0.15, 0.2) is 0 Å². The van der Waals surface area contributed by atoms with Crippen LogP contribution in [0.25, 0.3) is 5.69 Å². The number of carbonyl (C=O) groups excluding carboxylic acids is 1. The van der Waals surface area contributed by atoms with E-state index in [0.717, 1.165) is 28.3 Å². The molecule has 0 atom stereocenters. The molecule has 3 rings (SSSR count). The van der Waals surface area contributed by atoms with Crippen LogP contribution in [0.3, 0.4) is 0 Å². The summed E-state index contributed by atoms with van der Waals surface area (Å²) in [4.78, 5) is 23.4. The van der Waals surface area contributed by atoms with Crippen molar-refractivity contribution in [3.05, 3.63) is 69.0 Å². The third kappa shape index (κ3) is 4.45. The van der Waals surface area contributed by atoms with Gasteiger partial charge in [-0.2, -0.15) is 5.10 Å². The van der Waals surface area contributed by atoms with Crippen LogP contribution in [-0.2, 0) is 22.5 Å².